The van der Waals surface area contributed by atoms with Gasteiger partial charge in [-0.15, -0.1) is 0 Å². The third-order valence-electron chi connectivity index (χ3n) is 2.52. The Hall–Kier alpha value is -0.650. The molecule has 1 N–H and O–H groups in total. The number of hydrogen-bond acceptors (Lipinski definition) is 5. The number of hydrogen-bond donors (Lipinski definition) is 1. The lowest BCUT2D eigenvalue weighted by atomic mass is 10.2. The SMILES string of the molecule is COc1ncc(C2CNCCN2C)s1. The molecule has 1 aromatic rings. The molecule has 0 bridgehead atoms. The molecule has 0 amide bonds. The van der Waals surface area contributed by atoms with Gasteiger partial charge in [0.1, 0.15) is 0 Å². The molecule has 2 rings (SSSR count). The van der Waals surface area contributed by atoms with Crippen LogP contribution in [0.2, 0.25) is 0 Å². The first-order chi connectivity index (χ1) is 6.81. The number of piperazine rings is 1. The molecular formula is C9H15N3OS. The molecular weight excluding hydrogens is 198 g/mol. The van der Waals surface area contributed by atoms with E-state index >= 15 is 0 Å². The second-order valence-electron chi connectivity index (χ2n) is 3.43. The smallest absolute Gasteiger partial charge is 0.273 e. The number of aromatic nitrogens is 1. The summed E-state index contributed by atoms with van der Waals surface area (Å²) in [6.45, 7) is 3.16. The zero-order chi connectivity index (χ0) is 9.97. The molecule has 1 saturated heterocycles. The monoisotopic (exact) mass is 213 g/mol. The number of likely N-dealkylation sites (N-methyl/N-ethyl adjacent to an activating group) is 1. The number of nitrogens with zero attached hydrogens (tertiary/aromatic N) is 2. The summed E-state index contributed by atoms with van der Waals surface area (Å²) >= 11 is 1.63. The maximum absolute atomic E-state index is 5.09. The van der Waals surface area contributed by atoms with Gasteiger partial charge in [0.25, 0.3) is 5.19 Å². The summed E-state index contributed by atoms with van der Waals surface area (Å²) in [6.07, 6.45) is 1.91. The van der Waals surface area contributed by atoms with Crippen molar-refractivity contribution in [1.29, 1.82) is 0 Å². The minimum Gasteiger partial charge on any atom is -0.473 e. The highest BCUT2D eigenvalue weighted by Crippen LogP contribution is 2.29. The van der Waals surface area contributed by atoms with Crippen molar-refractivity contribution in [3.05, 3.63) is 11.1 Å². The minimum atomic E-state index is 0.449. The van der Waals surface area contributed by atoms with Gasteiger partial charge < -0.3 is 10.1 Å². The van der Waals surface area contributed by atoms with Crippen LogP contribution in [0.25, 0.3) is 0 Å². The fourth-order valence-corrected chi connectivity index (χ4v) is 2.54. The molecule has 0 saturated carbocycles. The van der Waals surface area contributed by atoms with Gasteiger partial charge in [0, 0.05) is 30.7 Å². The van der Waals surface area contributed by atoms with E-state index in [0.717, 1.165) is 24.8 Å². The van der Waals surface area contributed by atoms with Gasteiger partial charge >= 0.3 is 0 Å². The molecule has 78 valence electrons. The van der Waals surface area contributed by atoms with Crippen molar-refractivity contribution >= 4 is 11.3 Å². The van der Waals surface area contributed by atoms with Gasteiger partial charge in [0.15, 0.2) is 0 Å². The summed E-state index contributed by atoms with van der Waals surface area (Å²) < 4.78 is 5.09. The average Bonchev–Trinajstić information content (AvgIpc) is 2.67. The Morgan fingerprint density at radius 1 is 1.71 bits per heavy atom. The Labute approximate surface area is 87.9 Å². The van der Waals surface area contributed by atoms with Crippen LogP contribution >= 0.6 is 11.3 Å². The summed E-state index contributed by atoms with van der Waals surface area (Å²) in [4.78, 5) is 7.81. The van der Waals surface area contributed by atoms with E-state index < -0.39 is 0 Å². The lowest BCUT2D eigenvalue weighted by Gasteiger charge is -2.31. The Balaban J connectivity index is 2.12. The van der Waals surface area contributed by atoms with E-state index in [-0.39, 0.29) is 0 Å². The van der Waals surface area contributed by atoms with Crippen LogP contribution in [-0.4, -0.2) is 43.7 Å². The van der Waals surface area contributed by atoms with Gasteiger partial charge in [-0.25, -0.2) is 4.98 Å². The van der Waals surface area contributed by atoms with Crippen molar-refractivity contribution in [2.45, 2.75) is 6.04 Å². The molecule has 14 heavy (non-hydrogen) atoms. The van der Waals surface area contributed by atoms with E-state index in [1.807, 2.05) is 6.20 Å². The fourth-order valence-electron chi connectivity index (χ4n) is 1.64. The summed E-state index contributed by atoms with van der Waals surface area (Å²) in [6, 6.07) is 0.449. The van der Waals surface area contributed by atoms with Gasteiger partial charge in [-0.2, -0.15) is 0 Å². The van der Waals surface area contributed by atoms with Crippen molar-refractivity contribution in [3.8, 4) is 5.19 Å². The van der Waals surface area contributed by atoms with E-state index in [1.54, 1.807) is 18.4 Å². The van der Waals surface area contributed by atoms with E-state index in [9.17, 15) is 0 Å². The highest BCUT2D eigenvalue weighted by Gasteiger charge is 2.22. The van der Waals surface area contributed by atoms with Crippen molar-refractivity contribution in [2.75, 3.05) is 33.8 Å². The normalized spacial score (nSPS) is 23.7. The van der Waals surface area contributed by atoms with Gasteiger partial charge in [-0.1, -0.05) is 11.3 Å². The number of ether oxygens (including phenoxy) is 1. The molecule has 0 spiro atoms. The largest absolute Gasteiger partial charge is 0.473 e. The number of rotatable bonds is 2. The molecule has 0 aliphatic carbocycles. The van der Waals surface area contributed by atoms with Gasteiger partial charge in [0.05, 0.1) is 13.2 Å². The lowest BCUT2D eigenvalue weighted by molar-refractivity contribution is 0.205. The second kappa shape index (κ2) is 4.25. The van der Waals surface area contributed by atoms with Crippen molar-refractivity contribution in [1.82, 2.24) is 15.2 Å². The first-order valence-corrected chi connectivity index (χ1v) is 5.53. The second-order valence-corrected chi connectivity index (χ2v) is 4.46. The zero-order valence-corrected chi connectivity index (χ0v) is 9.30. The van der Waals surface area contributed by atoms with Crippen LogP contribution in [0.5, 0.6) is 5.19 Å². The number of nitrogens with one attached hydrogen (secondary N) is 1. The molecule has 1 atom stereocenters. The predicted molar refractivity (Wildman–Crippen MR) is 56.9 cm³/mol. The topological polar surface area (TPSA) is 37.4 Å². The maximum atomic E-state index is 5.09. The first kappa shape index (κ1) is 9.89. The lowest BCUT2D eigenvalue weighted by Crippen LogP contribution is -2.43. The molecule has 0 aromatic carbocycles. The van der Waals surface area contributed by atoms with Crippen molar-refractivity contribution < 1.29 is 4.74 Å². The summed E-state index contributed by atoms with van der Waals surface area (Å²) in [7, 11) is 3.81. The average molecular weight is 213 g/mol. The quantitative estimate of drug-likeness (QED) is 0.786. The maximum Gasteiger partial charge on any atom is 0.273 e. The minimum absolute atomic E-state index is 0.449. The van der Waals surface area contributed by atoms with E-state index in [1.165, 1.54) is 4.88 Å². The summed E-state index contributed by atoms with van der Waals surface area (Å²) in [5.74, 6) is 0. The Morgan fingerprint density at radius 3 is 3.21 bits per heavy atom. The van der Waals surface area contributed by atoms with Crippen LogP contribution in [-0.2, 0) is 0 Å². The van der Waals surface area contributed by atoms with E-state index in [0.29, 0.717) is 6.04 Å². The third-order valence-corrected chi connectivity index (χ3v) is 3.58. The predicted octanol–water partition coefficient (Wildman–Crippen LogP) is 0.728. The molecule has 1 fully saturated rings. The molecule has 1 unspecified atom stereocenters. The van der Waals surface area contributed by atoms with Crippen LogP contribution in [0.3, 0.4) is 0 Å². The van der Waals surface area contributed by atoms with Crippen LogP contribution in [0.4, 0.5) is 0 Å². The first-order valence-electron chi connectivity index (χ1n) is 4.72. The van der Waals surface area contributed by atoms with Crippen molar-refractivity contribution in [2.24, 2.45) is 0 Å². The Morgan fingerprint density at radius 2 is 2.57 bits per heavy atom. The fraction of sp³-hybridized carbons (Fsp3) is 0.667. The van der Waals surface area contributed by atoms with E-state index in [4.69, 9.17) is 4.74 Å². The molecule has 1 aromatic heterocycles. The molecule has 1 aliphatic heterocycles. The Bertz CT molecular complexity index is 302. The van der Waals surface area contributed by atoms with Gasteiger partial charge in [0.2, 0.25) is 0 Å². The zero-order valence-electron chi connectivity index (χ0n) is 8.49. The molecule has 2 heterocycles. The van der Waals surface area contributed by atoms with Gasteiger partial charge in [-0.3, -0.25) is 4.90 Å². The van der Waals surface area contributed by atoms with Crippen LogP contribution < -0.4 is 10.1 Å². The van der Waals surface area contributed by atoms with Crippen LogP contribution in [0.15, 0.2) is 6.20 Å². The van der Waals surface area contributed by atoms with E-state index in [2.05, 4.69) is 22.2 Å². The highest BCUT2D eigenvalue weighted by molar-refractivity contribution is 7.13. The summed E-state index contributed by atoms with van der Waals surface area (Å²) in [5.41, 5.74) is 0. The molecule has 5 heteroatoms. The number of thiazole rings is 1. The molecule has 1 aliphatic rings. The van der Waals surface area contributed by atoms with Gasteiger partial charge in [-0.05, 0) is 7.05 Å². The van der Waals surface area contributed by atoms with Crippen molar-refractivity contribution in [3.63, 3.8) is 0 Å². The number of methoxy groups -OCH3 is 1. The Kier molecular flexibility index (Phi) is 3.00. The van der Waals surface area contributed by atoms with Crippen LogP contribution in [0, 0.1) is 0 Å². The molecule has 0 radical (unpaired) electrons. The van der Waals surface area contributed by atoms with Crippen LogP contribution in [0.1, 0.15) is 10.9 Å². The molecule has 4 nitrogen and oxygen atoms in total. The standard InChI is InChI=1S/C9H15N3OS/c1-12-4-3-10-5-7(12)8-6-11-9(13-2)14-8/h6-7,10H,3-5H2,1-2H3. The summed E-state index contributed by atoms with van der Waals surface area (Å²) in [5, 5.41) is 4.14. The third kappa shape index (κ3) is 1.89. The highest BCUT2D eigenvalue weighted by atomic mass is 32.1.